The lowest BCUT2D eigenvalue weighted by molar-refractivity contribution is 0.592. The number of aromatic nitrogens is 3. The number of hydrogen-bond donors (Lipinski definition) is 1. The van der Waals surface area contributed by atoms with E-state index in [0.29, 0.717) is 0 Å². The van der Waals surface area contributed by atoms with Crippen LogP contribution in [0.2, 0.25) is 0 Å². The largest absolute Gasteiger partial charge is 0.353 e. The van der Waals surface area contributed by atoms with Crippen LogP contribution in [0.5, 0.6) is 0 Å². The molecule has 1 saturated heterocycles. The molecule has 0 bridgehead atoms. The maximum atomic E-state index is 4.78. The molecule has 1 aliphatic heterocycles. The second-order valence-corrected chi connectivity index (χ2v) is 8.32. The van der Waals surface area contributed by atoms with Gasteiger partial charge in [0.2, 0.25) is 5.95 Å². The van der Waals surface area contributed by atoms with Crippen LogP contribution in [0.15, 0.2) is 60.9 Å². The van der Waals surface area contributed by atoms with E-state index in [-0.39, 0.29) is 5.41 Å². The Kier molecular flexibility index (Phi) is 5.34. The minimum absolute atomic E-state index is 0.0568. The van der Waals surface area contributed by atoms with Gasteiger partial charge in [-0.05, 0) is 35.2 Å². The van der Waals surface area contributed by atoms with Gasteiger partial charge in [0.15, 0.2) is 0 Å². The van der Waals surface area contributed by atoms with Crippen molar-refractivity contribution in [1.82, 2.24) is 15.0 Å². The van der Waals surface area contributed by atoms with Crippen LogP contribution in [0, 0.1) is 0 Å². The van der Waals surface area contributed by atoms with Crippen LogP contribution < -0.4 is 15.1 Å². The van der Waals surface area contributed by atoms with Crippen LogP contribution in [0.3, 0.4) is 0 Å². The molecule has 150 valence electrons. The molecule has 0 unspecified atom stereocenters. The highest BCUT2D eigenvalue weighted by atomic mass is 15.3. The second kappa shape index (κ2) is 8.07. The molecule has 0 atom stereocenters. The Labute approximate surface area is 172 Å². The van der Waals surface area contributed by atoms with E-state index >= 15 is 0 Å². The molecule has 4 rings (SSSR count). The van der Waals surface area contributed by atoms with Crippen LogP contribution >= 0.6 is 0 Å². The summed E-state index contributed by atoms with van der Waals surface area (Å²) in [5.41, 5.74) is 2.41. The molecule has 1 aliphatic rings. The fourth-order valence-corrected chi connectivity index (χ4v) is 3.63. The van der Waals surface area contributed by atoms with Crippen LogP contribution in [-0.2, 0) is 5.41 Å². The van der Waals surface area contributed by atoms with Gasteiger partial charge in [0.1, 0.15) is 11.6 Å². The smallest absolute Gasteiger partial charge is 0.227 e. The van der Waals surface area contributed by atoms with Crippen molar-refractivity contribution in [2.75, 3.05) is 41.3 Å². The molecular formula is C23H28N6. The van der Waals surface area contributed by atoms with Gasteiger partial charge >= 0.3 is 0 Å². The number of nitrogens with one attached hydrogen (secondary N) is 1. The number of piperazine rings is 1. The number of anilines is 4. The van der Waals surface area contributed by atoms with Gasteiger partial charge in [-0.15, -0.1) is 0 Å². The van der Waals surface area contributed by atoms with E-state index in [1.807, 2.05) is 30.6 Å². The van der Waals surface area contributed by atoms with Gasteiger partial charge in [0.05, 0.1) is 0 Å². The van der Waals surface area contributed by atoms with Crippen molar-refractivity contribution in [3.05, 3.63) is 66.5 Å². The Morgan fingerprint density at radius 1 is 0.793 bits per heavy atom. The predicted octanol–water partition coefficient (Wildman–Crippen LogP) is 4.24. The Balaban J connectivity index is 1.47. The summed E-state index contributed by atoms with van der Waals surface area (Å²) in [7, 11) is 0. The Bertz CT molecular complexity index is 943. The Hall–Kier alpha value is -3.15. The topological polar surface area (TPSA) is 57.2 Å². The van der Waals surface area contributed by atoms with Crippen LogP contribution in [0.25, 0.3) is 0 Å². The second-order valence-electron chi connectivity index (χ2n) is 8.32. The van der Waals surface area contributed by atoms with Crippen molar-refractivity contribution in [3.63, 3.8) is 0 Å². The number of rotatable bonds is 4. The van der Waals surface area contributed by atoms with E-state index in [1.165, 1.54) is 5.56 Å². The molecule has 3 aromatic rings. The molecule has 0 saturated carbocycles. The molecule has 1 N–H and O–H groups in total. The zero-order valence-electron chi connectivity index (χ0n) is 17.3. The van der Waals surface area contributed by atoms with Gasteiger partial charge in [0.25, 0.3) is 0 Å². The maximum Gasteiger partial charge on any atom is 0.227 e. The summed E-state index contributed by atoms with van der Waals surface area (Å²) in [6.07, 6.45) is 3.67. The van der Waals surface area contributed by atoms with Crippen molar-refractivity contribution in [2.45, 2.75) is 26.2 Å². The highest BCUT2D eigenvalue weighted by Gasteiger charge is 2.21. The molecule has 1 aromatic carbocycles. The fraction of sp³-hybridized carbons (Fsp3) is 0.348. The van der Waals surface area contributed by atoms with Gasteiger partial charge < -0.3 is 15.1 Å². The third kappa shape index (κ3) is 4.47. The lowest BCUT2D eigenvalue weighted by Gasteiger charge is -2.35. The van der Waals surface area contributed by atoms with Crippen molar-refractivity contribution >= 4 is 23.3 Å². The Morgan fingerprint density at radius 2 is 1.52 bits per heavy atom. The predicted molar refractivity (Wildman–Crippen MR) is 119 cm³/mol. The summed E-state index contributed by atoms with van der Waals surface area (Å²) < 4.78 is 0. The number of para-hydroxylation sites is 1. The quantitative estimate of drug-likeness (QED) is 0.721. The molecule has 1 fully saturated rings. The SMILES string of the molecule is CC(C)(C)c1ccccc1Nc1ccnc(N2CCN(c3ccccn3)CC2)n1. The van der Waals surface area contributed by atoms with Crippen LogP contribution in [-0.4, -0.2) is 41.1 Å². The summed E-state index contributed by atoms with van der Waals surface area (Å²) in [5, 5.41) is 3.49. The van der Waals surface area contributed by atoms with Crippen LogP contribution in [0.1, 0.15) is 26.3 Å². The highest BCUT2D eigenvalue weighted by Crippen LogP contribution is 2.31. The third-order valence-electron chi connectivity index (χ3n) is 5.18. The van der Waals surface area contributed by atoms with E-state index < -0.39 is 0 Å². The first-order valence-electron chi connectivity index (χ1n) is 10.1. The van der Waals surface area contributed by atoms with Crippen LogP contribution in [0.4, 0.5) is 23.3 Å². The first-order valence-corrected chi connectivity index (χ1v) is 10.1. The molecular weight excluding hydrogens is 360 g/mol. The molecule has 0 amide bonds. The number of nitrogens with zero attached hydrogens (tertiary/aromatic N) is 5. The minimum Gasteiger partial charge on any atom is -0.353 e. The van der Waals surface area contributed by atoms with Gasteiger partial charge in [-0.2, -0.15) is 4.98 Å². The lowest BCUT2D eigenvalue weighted by Crippen LogP contribution is -2.47. The van der Waals surface area contributed by atoms with Gasteiger partial charge in [0, 0.05) is 44.3 Å². The van der Waals surface area contributed by atoms with Crippen molar-refractivity contribution in [2.24, 2.45) is 0 Å². The van der Waals surface area contributed by atoms with Gasteiger partial charge in [-0.1, -0.05) is 45.0 Å². The monoisotopic (exact) mass is 388 g/mol. The third-order valence-corrected chi connectivity index (χ3v) is 5.18. The molecule has 0 aliphatic carbocycles. The van der Waals surface area contributed by atoms with E-state index in [2.05, 4.69) is 76.2 Å². The van der Waals surface area contributed by atoms with Crippen molar-refractivity contribution < 1.29 is 0 Å². The van der Waals surface area contributed by atoms with E-state index in [1.54, 1.807) is 0 Å². The molecule has 29 heavy (non-hydrogen) atoms. The minimum atomic E-state index is 0.0568. The average molecular weight is 389 g/mol. The lowest BCUT2D eigenvalue weighted by atomic mass is 9.86. The van der Waals surface area contributed by atoms with Gasteiger partial charge in [-0.3, -0.25) is 0 Å². The first kappa shape index (κ1) is 19.2. The standard InChI is InChI=1S/C23H28N6/c1-23(2,3)18-8-4-5-9-19(18)26-20-11-13-25-22(27-20)29-16-14-28(15-17-29)21-10-6-7-12-24-21/h4-13H,14-17H2,1-3H3,(H,25,26,27). The van der Waals surface area contributed by atoms with Crippen molar-refractivity contribution in [3.8, 4) is 0 Å². The highest BCUT2D eigenvalue weighted by molar-refractivity contribution is 5.63. The molecule has 2 aromatic heterocycles. The Morgan fingerprint density at radius 3 is 2.24 bits per heavy atom. The number of pyridine rings is 1. The van der Waals surface area contributed by atoms with E-state index in [0.717, 1.165) is 49.5 Å². The number of benzene rings is 1. The summed E-state index contributed by atoms with van der Waals surface area (Å²) in [6, 6.07) is 16.4. The summed E-state index contributed by atoms with van der Waals surface area (Å²) in [5.74, 6) is 2.62. The summed E-state index contributed by atoms with van der Waals surface area (Å²) in [4.78, 5) is 18.3. The zero-order valence-corrected chi connectivity index (χ0v) is 17.3. The van der Waals surface area contributed by atoms with E-state index in [9.17, 15) is 0 Å². The zero-order chi connectivity index (χ0) is 20.3. The molecule has 6 nitrogen and oxygen atoms in total. The molecule has 6 heteroatoms. The van der Waals surface area contributed by atoms with Crippen molar-refractivity contribution in [1.29, 1.82) is 0 Å². The average Bonchev–Trinajstić information content (AvgIpc) is 2.74. The molecule has 0 radical (unpaired) electrons. The normalized spacial score (nSPS) is 14.7. The number of hydrogen-bond acceptors (Lipinski definition) is 6. The maximum absolute atomic E-state index is 4.78. The molecule has 0 spiro atoms. The summed E-state index contributed by atoms with van der Waals surface area (Å²) >= 11 is 0. The van der Waals surface area contributed by atoms with Gasteiger partial charge in [-0.25, -0.2) is 9.97 Å². The molecule has 3 heterocycles. The first-order chi connectivity index (χ1) is 14.0. The summed E-state index contributed by atoms with van der Waals surface area (Å²) in [6.45, 7) is 10.2. The fourth-order valence-electron chi connectivity index (χ4n) is 3.63. The van der Waals surface area contributed by atoms with E-state index in [4.69, 9.17) is 4.98 Å².